The normalized spacial score (nSPS) is 19.8. The first-order valence-corrected chi connectivity index (χ1v) is 11.8. The molecule has 2 aromatic heterocycles. The maximum atomic E-state index is 7.12. The summed E-state index contributed by atoms with van der Waals surface area (Å²) in [6, 6.07) is 26.4. The first-order chi connectivity index (χ1) is 15.5. The summed E-state index contributed by atoms with van der Waals surface area (Å²) in [5, 5.41) is 3.92. The molecule has 2 unspecified atom stereocenters. The van der Waals surface area contributed by atoms with Crippen LogP contribution in [0, 0.1) is 0 Å². The molecule has 0 radical (unpaired) electrons. The standard InChI is InChI=1S/C29H30N3/c1-4-28(3,30)29(5-2)18-21-14-11-17-23-22-15-9-10-16-24(22)27-25(20-12-7-6-8-13-20)19-31(29)32(27)26(21)23/h6-17,19H,4-5,18,30H2,1-3H3/q+1. The maximum absolute atomic E-state index is 7.12. The summed E-state index contributed by atoms with van der Waals surface area (Å²) in [5.74, 6) is 0. The Labute approximate surface area is 189 Å². The molecule has 6 rings (SSSR count). The van der Waals surface area contributed by atoms with Crippen molar-refractivity contribution in [2.45, 2.75) is 51.1 Å². The van der Waals surface area contributed by atoms with Crippen LogP contribution >= 0.6 is 0 Å². The fourth-order valence-electron chi connectivity index (χ4n) is 6.09. The molecule has 0 bridgehead atoms. The molecule has 2 N–H and O–H groups in total. The van der Waals surface area contributed by atoms with E-state index in [1.54, 1.807) is 0 Å². The van der Waals surface area contributed by atoms with E-state index < -0.39 is 0 Å². The van der Waals surface area contributed by atoms with Crippen molar-refractivity contribution in [1.82, 2.24) is 4.52 Å². The van der Waals surface area contributed by atoms with E-state index in [2.05, 4.69) is 109 Å². The van der Waals surface area contributed by atoms with Crippen LogP contribution in [0.25, 0.3) is 38.3 Å². The van der Waals surface area contributed by atoms with Gasteiger partial charge in [-0.1, -0.05) is 86.6 Å². The number of pyridine rings is 1. The summed E-state index contributed by atoms with van der Waals surface area (Å²) in [5.41, 5.74) is 13.1. The molecule has 5 aromatic rings. The SMILES string of the molecule is CCC(C)(N)C1(CC)Cc2cccc3c4ccccc4c4c(-c5ccccc5)c[n+]1n4c23. The lowest BCUT2D eigenvalue weighted by atomic mass is 9.70. The highest BCUT2D eigenvalue weighted by molar-refractivity contribution is 6.15. The molecule has 0 spiro atoms. The fourth-order valence-corrected chi connectivity index (χ4v) is 6.09. The Balaban J connectivity index is 1.91. The van der Waals surface area contributed by atoms with Gasteiger partial charge in [-0.05, 0) is 29.9 Å². The molecule has 3 nitrogen and oxygen atoms in total. The molecular weight excluding hydrogens is 390 g/mol. The summed E-state index contributed by atoms with van der Waals surface area (Å²) in [6.45, 7) is 6.75. The highest BCUT2D eigenvalue weighted by Crippen LogP contribution is 2.43. The van der Waals surface area contributed by atoms with Gasteiger partial charge in [-0.15, -0.1) is 9.20 Å². The predicted molar refractivity (Wildman–Crippen MR) is 133 cm³/mol. The Bertz CT molecular complexity index is 1490. The first kappa shape index (κ1) is 19.5. The number of hydrogen-bond acceptors (Lipinski definition) is 1. The minimum atomic E-state index is -0.347. The molecule has 1 aliphatic rings. The van der Waals surface area contributed by atoms with Gasteiger partial charge in [-0.25, -0.2) is 0 Å². The molecular formula is C29H30N3+. The number of rotatable bonds is 4. The third-order valence-corrected chi connectivity index (χ3v) is 8.13. The molecule has 3 heteroatoms. The second kappa shape index (κ2) is 6.66. The Kier molecular flexibility index (Phi) is 4.06. The molecule has 2 atom stereocenters. The lowest BCUT2D eigenvalue weighted by Gasteiger charge is -2.41. The fraction of sp³-hybridized carbons (Fsp3) is 0.276. The topological polar surface area (TPSA) is 34.3 Å². The number of para-hydroxylation sites is 1. The lowest BCUT2D eigenvalue weighted by Crippen LogP contribution is -2.74. The van der Waals surface area contributed by atoms with Gasteiger partial charge in [-0.2, -0.15) is 0 Å². The van der Waals surface area contributed by atoms with Gasteiger partial charge in [0.1, 0.15) is 11.0 Å². The molecule has 0 saturated heterocycles. The first-order valence-electron chi connectivity index (χ1n) is 11.8. The molecule has 32 heavy (non-hydrogen) atoms. The van der Waals surface area contributed by atoms with Crippen LogP contribution in [0.4, 0.5) is 0 Å². The molecule has 0 aliphatic carbocycles. The van der Waals surface area contributed by atoms with Crippen LogP contribution in [0.1, 0.15) is 39.2 Å². The van der Waals surface area contributed by atoms with Crippen molar-refractivity contribution in [1.29, 1.82) is 0 Å². The van der Waals surface area contributed by atoms with Crippen LogP contribution in [0.15, 0.2) is 79.0 Å². The Morgan fingerprint density at radius 2 is 1.53 bits per heavy atom. The predicted octanol–water partition coefficient (Wildman–Crippen LogP) is 5.99. The molecule has 160 valence electrons. The average molecular weight is 421 g/mol. The van der Waals surface area contributed by atoms with Crippen molar-refractivity contribution >= 4 is 27.2 Å². The highest BCUT2D eigenvalue weighted by Gasteiger charge is 2.56. The van der Waals surface area contributed by atoms with Crippen molar-refractivity contribution in [3.8, 4) is 11.1 Å². The number of benzene rings is 3. The second-order valence-electron chi connectivity index (χ2n) is 9.61. The third kappa shape index (κ3) is 2.32. The van der Waals surface area contributed by atoms with Crippen LogP contribution in [-0.4, -0.2) is 10.1 Å². The monoisotopic (exact) mass is 420 g/mol. The Hall–Kier alpha value is -3.17. The van der Waals surface area contributed by atoms with Crippen LogP contribution in [0.3, 0.4) is 0 Å². The van der Waals surface area contributed by atoms with Crippen molar-refractivity contribution < 1.29 is 4.68 Å². The van der Waals surface area contributed by atoms with Crippen molar-refractivity contribution in [2.75, 3.05) is 0 Å². The van der Waals surface area contributed by atoms with E-state index in [1.165, 1.54) is 43.9 Å². The Morgan fingerprint density at radius 3 is 2.25 bits per heavy atom. The van der Waals surface area contributed by atoms with E-state index in [-0.39, 0.29) is 11.1 Å². The summed E-state index contributed by atoms with van der Waals surface area (Å²) < 4.78 is 4.99. The van der Waals surface area contributed by atoms with Crippen molar-refractivity contribution in [3.05, 3.63) is 84.6 Å². The minimum Gasteiger partial charge on any atom is -0.320 e. The number of fused-ring (bicyclic) bond motifs is 3. The maximum Gasteiger partial charge on any atom is 0.212 e. The van der Waals surface area contributed by atoms with Crippen molar-refractivity contribution in [3.63, 3.8) is 0 Å². The summed E-state index contributed by atoms with van der Waals surface area (Å²) in [7, 11) is 0. The zero-order valence-corrected chi connectivity index (χ0v) is 19.1. The van der Waals surface area contributed by atoms with Gasteiger partial charge in [0, 0.05) is 23.6 Å². The smallest absolute Gasteiger partial charge is 0.212 e. The van der Waals surface area contributed by atoms with Crippen LogP contribution < -0.4 is 10.4 Å². The van der Waals surface area contributed by atoms with Gasteiger partial charge in [0.2, 0.25) is 11.7 Å². The highest BCUT2D eigenvalue weighted by atomic mass is 15.4. The third-order valence-electron chi connectivity index (χ3n) is 8.13. The number of hydrogen-bond donors (Lipinski definition) is 1. The zero-order valence-electron chi connectivity index (χ0n) is 19.1. The molecule has 0 amide bonds. The molecule has 0 fully saturated rings. The van der Waals surface area contributed by atoms with Crippen LogP contribution in [0.2, 0.25) is 0 Å². The largest absolute Gasteiger partial charge is 0.320 e. The van der Waals surface area contributed by atoms with Crippen molar-refractivity contribution in [2.24, 2.45) is 5.73 Å². The number of nitrogens with zero attached hydrogens (tertiary/aromatic N) is 2. The Morgan fingerprint density at radius 1 is 0.875 bits per heavy atom. The van der Waals surface area contributed by atoms with E-state index in [9.17, 15) is 0 Å². The van der Waals surface area contributed by atoms with E-state index in [0.717, 1.165) is 19.3 Å². The number of nitrogens with two attached hydrogens (primary N) is 1. The van der Waals surface area contributed by atoms with E-state index in [4.69, 9.17) is 5.73 Å². The average Bonchev–Trinajstić information content (AvgIpc) is 3.25. The van der Waals surface area contributed by atoms with Gasteiger partial charge < -0.3 is 5.73 Å². The minimum absolute atomic E-state index is 0.207. The summed E-state index contributed by atoms with van der Waals surface area (Å²) in [4.78, 5) is 0. The quantitative estimate of drug-likeness (QED) is 0.281. The van der Waals surface area contributed by atoms with Gasteiger partial charge in [0.05, 0.1) is 11.1 Å². The van der Waals surface area contributed by atoms with Gasteiger partial charge in [-0.3, -0.25) is 0 Å². The number of aromatic nitrogens is 2. The zero-order chi connectivity index (χ0) is 22.1. The molecule has 0 saturated carbocycles. The van der Waals surface area contributed by atoms with Gasteiger partial charge >= 0.3 is 0 Å². The molecule has 3 heterocycles. The second-order valence-corrected chi connectivity index (χ2v) is 9.61. The molecule has 3 aromatic carbocycles. The molecule has 1 aliphatic heterocycles. The summed E-state index contributed by atoms with van der Waals surface area (Å²) in [6.07, 6.45) is 5.21. The van der Waals surface area contributed by atoms with Crippen LogP contribution in [-0.2, 0) is 12.0 Å². The van der Waals surface area contributed by atoms with E-state index in [1.807, 2.05) is 0 Å². The van der Waals surface area contributed by atoms with Gasteiger partial charge in [0.25, 0.3) is 0 Å². The van der Waals surface area contributed by atoms with Gasteiger partial charge in [0.15, 0.2) is 0 Å². The van der Waals surface area contributed by atoms with E-state index in [0.29, 0.717) is 0 Å². The summed E-state index contributed by atoms with van der Waals surface area (Å²) >= 11 is 0. The lowest BCUT2D eigenvalue weighted by molar-refractivity contribution is -0.829. The van der Waals surface area contributed by atoms with Crippen LogP contribution in [0.5, 0.6) is 0 Å². The van der Waals surface area contributed by atoms with E-state index >= 15 is 0 Å².